The summed E-state index contributed by atoms with van der Waals surface area (Å²) in [5, 5.41) is 0. The number of nitrogens with zero attached hydrogens (tertiary/aromatic N) is 1. The van der Waals surface area contributed by atoms with Crippen LogP contribution >= 0.6 is 27.3 Å². The van der Waals surface area contributed by atoms with E-state index in [2.05, 4.69) is 53.9 Å². The van der Waals surface area contributed by atoms with Gasteiger partial charge in [0.25, 0.3) is 0 Å². The normalized spacial score (nSPS) is 13.5. The molecule has 0 aliphatic carbocycles. The van der Waals surface area contributed by atoms with Crippen LogP contribution in [-0.4, -0.2) is 18.0 Å². The Morgan fingerprint density at radius 1 is 1.50 bits per heavy atom. The zero-order valence-corrected chi connectivity index (χ0v) is 11.5. The topological polar surface area (TPSA) is 3.24 Å². The lowest BCUT2D eigenvalue weighted by Gasteiger charge is -2.23. The van der Waals surface area contributed by atoms with Crippen LogP contribution in [-0.2, 0) is 6.54 Å². The molecule has 0 saturated heterocycles. The molecule has 80 valence electrons. The molecular weight excluding hydrogens is 258 g/mol. The minimum absolute atomic E-state index is 0.681. The van der Waals surface area contributed by atoms with Gasteiger partial charge in [-0.25, -0.2) is 0 Å². The number of hydrogen-bond acceptors (Lipinski definition) is 2. The molecule has 0 amide bonds. The largest absolute Gasteiger partial charge is 0.299 e. The molecule has 1 rings (SSSR count). The second-order valence-corrected chi connectivity index (χ2v) is 6.31. The van der Waals surface area contributed by atoms with E-state index in [0.29, 0.717) is 6.04 Å². The second-order valence-electron chi connectivity index (χ2n) is 3.76. The highest BCUT2D eigenvalue weighted by atomic mass is 79.9. The number of thiophene rings is 1. The first-order chi connectivity index (χ1) is 6.63. The van der Waals surface area contributed by atoms with Crippen molar-refractivity contribution in [2.75, 3.05) is 7.05 Å². The van der Waals surface area contributed by atoms with Crippen LogP contribution in [0.15, 0.2) is 15.9 Å². The maximum Gasteiger partial charge on any atom is 0.0701 e. The average molecular weight is 276 g/mol. The van der Waals surface area contributed by atoms with E-state index in [9.17, 15) is 0 Å². The molecular formula is C11H18BrNS. The summed E-state index contributed by atoms with van der Waals surface area (Å²) in [6, 6.07) is 5.00. The third-order valence-corrected chi connectivity index (χ3v) is 4.10. The lowest BCUT2D eigenvalue weighted by atomic mass is 10.2. The Morgan fingerprint density at radius 3 is 2.71 bits per heavy atom. The highest BCUT2D eigenvalue weighted by Crippen LogP contribution is 2.23. The van der Waals surface area contributed by atoms with Gasteiger partial charge < -0.3 is 0 Å². The van der Waals surface area contributed by atoms with Gasteiger partial charge in [0.15, 0.2) is 0 Å². The molecule has 0 aliphatic heterocycles. The molecule has 0 aliphatic rings. The van der Waals surface area contributed by atoms with Gasteiger partial charge in [-0.3, -0.25) is 4.90 Å². The van der Waals surface area contributed by atoms with Gasteiger partial charge in [0, 0.05) is 17.5 Å². The van der Waals surface area contributed by atoms with E-state index < -0.39 is 0 Å². The van der Waals surface area contributed by atoms with Crippen LogP contribution in [0.5, 0.6) is 0 Å². The fourth-order valence-corrected chi connectivity index (χ4v) is 3.02. The van der Waals surface area contributed by atoms with Crippen molar-refractivity contribution in [2.45, 2.75) is 39.3 Å². The number of halogens is 1. The monoisotopic (exact) mass is 275 g/mol. The molecule has 1 nitrogen and oxygen atoms in total. The average Bonchev–Trinajstić information content (AvgIpc) is 2.51. The summed E-state index contributed by atoms with van der Waals surface area (Å²) in [6.45, 7) is 5.61. The first kappa shape index (κ1) is 12.2. The first-order valence-electron chi connectivity index (χ1n) is 5.08. The predicted molar refractivity (Wildman–Crippen MR) is 67.9 cm³/mol. The van der Waals surface area contributed by atoms with E-state index in [1.165, 1.54) is 21.5 Å². The number of hydrogen-bond donors (Lipinski definition) is 0. The zero-order chi connectivity index (χ0) is 10.6. The molecule has 1 aromatic rings. The van der Waals surface area contributed by atoms with Gasteiger partial charge in [0.2, 0.25) is 0 Å². The Hall–Kier alpha value is 0.140. The van der Waals surface area contributed by atoms with Gasteiger partial charge in [0.1, 0.15) is 0 Å². The molecule has 0 N–H and O–H groups in total. The van der Waals surface area contributed by atoms with Gasteiger partial charge in [-0.1, -0.05) is 13.3 Å². The van der Waals surface area contributed by atoms with E-state index in [0.717, 1.165) is 6.54 Å². The molecule has 14 heavy (non-hydrogen) atoms. The molecule has 0 fully saturated rings. The van der Waals surface area contributed by atoms with Crippen molar-refractivity contribution in [3.63, 3.8) is 0 Å². The van der Waals surface area contributed by atoms with Gasteiger partial charge in [0.05, 0.1) is 3.79 Å². The van der Waals surface area contributed by atoms with Crippen LogP contribution in [0.25, 0.3) is 0 Å². The lowest BCUT2D eigenvalue weighted by Crippen LogP contribution is -2.27. The maximum atomic E-state index is 3.49. The van der Waals surface area contributed by atoms with Gasteiger partial charge in [-0.05, 0) is 48.5 Å². The van der Waals surface area contributed by atoms with E-state index in [4.69, 9.17) is 0 Å². The zero-order valence-electron chi connectivity index (χ0n) is 9.09. The van der Waals surface area contributed by atoms with Crippen LogP contribution in [0.2, 0.25) is 0 Å². The molecule has 0 spiro atoms. The van der Waals surface area contributed by atoms with Crippen LogP contribution in [0.1, 0.15) is 31.6 Å². The van der Waals surface area contributed by atoms with Crippen LogP contribution in [0, 0.1) is 0 Å². The summed E-state index contributed by atoms with van der Waals surface area (Å²) in [5.41, 5.74) is 0. The minimum Gasteiger partial charge on any atom is -0.299 e. The molecule has 1 heterocycles. The summed E-state index contributed by atoms with van der Waals surface area (Å²) in [6.07, 6.45) is 2.54. The summed E-state index contributed by atoms with van der Waals surface area (Å²) in [5.74, 6) is 0. The van der Waals surface area contributed by atoms with E-state index >= 15 is 0 Å². The van der Waals surface area contributed by atoms with Crippen molar-refractivity contribution >= 4 is 27.3 Å². The SMILES string of the molecule is CCCC(C)N(C)Cc1ccc(Br)s1. The summed E-state index contributed by atoms with van der Waals surface area (Å²) < 4.78 is 1.23. The highest BCUT2D eigenvalue weighted by molar-refractivity contribution is 9.11. The van der Waals surface area contributed by atoms with Crippen molar-refractivity contribution in [1.82, 2.24) is 4.90 Å². The summed E-state index contributed by atoms with van der Waals surface area (Å²) >= 11 is 5.32. The Kier molecular flexibility index (Phi) is 5.13. The second kappa shape index (κ2) is 5.89. The van der Waals surface area contributed by atoms with E-state index in [1.807, 2.05) is 11.3 Å². The third kappa shape index (κ3) is 3.71. The van der Waals surface area contributed by atoms with Gasteiger partial charge in [-0.15, -0.1) is 11.3 Å². The Bertz CT molecular complexity index is 272. The molecule has 0 bridgehead atoms. The Labute approximate surface area is 99.3 Å². The Balaban J connectivity index is 2.43. The minimum atomic E-state index is 0.681. The Morgan fingerprint density at radius 2 is 2.21 bits per heavy atom. The van der Waals surface area contributed by atoms with Crippen molar-refractivity contribution < 1.29 is 0 Å². The van der Waals surface area contributed by atoms with E-state index in [-0.39, 0.29) is 0 Å². The first-order valence-corrected chi connectivity index (χ1v) is 6.69. The standard InChI is InChI=1S/C11H18BrNS/c1-4-5-9(2)13(3)8-10-6-7-11(12)14-10/h6-7,9H,4-5,8H2,1-3H3. The summed E-state index contributed by atoms with van der Waals surface area (Å²) in [4.78, 5) is 3.85. The number of rotatable bonds is 5. The molecule has 0 saturated carbocycles. The van der Waals surface area contributed by atoms with Crippen LogP contribution in [0.3, 0.4) is 0 Å². The van der Waals surface area contributed by atoms with Crippen molar-refractivity contribution in [1.29, 1.82) is 0 Å². The maximum absolute atomic E-state index is 3.49. The van der Waals surface area contributed by atoms with Crippen molar-refractivity contribution in [3.05, 3.63) is 20.8 Å². The quantitative estimate of drug-likeness (QED) is 0.781. The molecule has 1 unspecified atom stereocenters. The predicted octanol–water partition coefficient (Wildman–Crippen LogP) is 4.13. The molecule has 0 radical (unpaired) electrons. The van der Waals surface area contributed by atoms with Gasteiger partial charge >= 0.3 is 0 Å². The third-order valence-electron chi connectivity index (χ3n) is 2.49. The van der Waals surface area contributed by atoms with Crippen LogP contribution in [0.4, 0.5) is 0 Å². The molecule has 3 heteroatoms. The highest BCUT2D eigenvalue weighted by Gasteiger charge is 2.09. The van der Waals surface area contributed by atoms with Crippen LogP contribution < -0.4 is 0 Å². The van der Waals surface area contributed by atoms with Crippen molar-refractivity contribution in [2.24, 2.45) is 0 Å². The van der Waals surface area contributed by atoms with E-state index in [1.54, 1.807) is 0 Å². The summed E-state index contributed by atoms with van der Waals surface area (Å²) in [7, 11) is 2.20. The fourth-order valence-electron chi connectivity index (χ4n) is 1.48. The fraction of sp³-hybridized carbons (Fsp3) is 0.636. The molecule has 1 aromatic heterocycles. The van der Waals surface area contributed by atoms with Crippen molar-refractivity contribution in [3.8, 4) is 0 Å². The smallest absolute Gasteiger partial charge is 0.0701 e. The molecule has 1 atom stereocenters. The molecule has 0 aromatic carbocycles. The lowest BCUT2D eigenvalue weighted by molar-refractivity contribution is 0.239. The van der Waals surface area contributed by atoms with Gasteiger partial charge in [-0.2, -0.15) is 0 Å².